The second kappa shape index (κ2) is 9.40. The average molecular weight is 474 g/mol. The molecule has 4 aromatic rings. The summed E-state index contributed by atoms with van der Waals surface area (Å²) in [5, 5.41) is 0.463. The molecule has 2 nitrogen and oxygen atoms in total. The van der Waals surface area contributed by atoms with Crippen LogP contribution in [0, 0.1) is 11.6 Å². The van der Waals surface area contributed by atoms with Gasteiger partial charge < -0.3 is 4.90 Å². The van der Waals surface area contributed by atoms with Crippen molar-refractivity contribution in [3.8, 4) is 11.1 Å². The van der Waals surface area contributed by atoms with E-state index < -0.39 is 11.6 Å². The molecule has 0 heterocycles. The number of halogens is 3. The van der Waals surface area contributed by atoms with Gasteiger partial charge in [0.15, 0.2) is 11.6 Å². The summed E-state index contributed by atoms with van der Waals surface area (Å²) < 4.78 is 27.5. The third-order valence-corrected chi connectivity index (χ3v) is 6.60. The summed E-state index contributed by atoms with van der Waals surface area (Å²) in [5.41, 5.74) is 5.10. The number of carbonyl (C=O) groups is 1. The molecule has 0 saturated carbocycles. The first-order valence-corrected chi connectivity index (χ1v) is 11.5. The lowest BCUT2D eigenvalue weighted by atomic mass is 9.97. The quantitative estimate of drug-likeness (QED) is 0.303. The summed E-state index contributed by atoms with van der Waals surface area (Å²) in [7, 11) is 0. The molecule has 5 rings (SSSR count). The number of hydrogen-bond acceptors (Lipinski definition) is 1. The van der Waals surface area contributed by atoms with Crippen LogP contribution in [0.25, 0.3) is 11.1 Å². The SMILES string of the molecule is O=C(c1cc(Cl)ccc1-c1ccccc1)N(Cc1ccc(F)c(F)c1)C1Cc2ccccc2C1. The van der Waals surface area contributed by atoms with Crippen LogP contribution >= 0.6 is 11.6 Å². The third kappa shape index (κ3) is 4.46. The van der Waals surface area contributed by atoms with Crippen LogP contribution in [0.3, 0.4) is 0 Å². The molecule has 170 valence electrons. The molecule has 0 bridgehead atoms. The van der Waals surface area contributed by atoms with Crippen LogP contribution in [0.2, 0.25) is 5.02 Å². The van der Waals surface area contributed by atoms with Crippen LogP contribution in [-0.2, 0) is 19.4 Å². The molecule has 0 atom stereocenters. The van der Waals surface area contributed by atoms with Gasteiger partial charge in [-0.25, -0.2) is 8.78 Å². The fourth-order valence-corrected chi connectivity index (χ4v) is 4.85. The van der Waals surface area contributed by atoms with Crippen molar-refractivity contribution in [1.82, 2.24) is 4.90 Å². The second-order valence-corrected chi connectivity index (χ2v) is 9.00. The smallest absolute Gasteiger partial charge is 0.255 e. The number of fused-ring (bicyclic) bond motifs is 1. The summed E-state index contributed by atoms with van der Waals surface area (Å²) in [6.45, 7) is 0.162. The Labute approximate surface area is 202 Å². The molecule has 0 fully saturated rings. The lowest BCUT2D eigenvalue weighted by Crippen LogP contribution is -2.40. The largest absolute Gasteiger partial charge is 0.331 e. The van der Waals surface area contributed by atoms with Gasteiger partial charge in [0.05, 0.1) is 0 Å². The first kappa shape index (κ1) is 22.3. The van der Waals surface area contributed by atoms with Gasteiger partial charge in [-0.15, -0.1) is 0 Å². The van der Waals surface area contributed by atoms with E-state index in [4.69, 9.17) is 11.6 Å². The van der Waals surface area contributed by atoms with E-state index in [-0.39, 0.29) is 18.5 Å². The van der Waals surface area contributed by atoms with Gasteiger partial charge in [-0.2, -0.15) is 0 Å². The minimum Gasteiger partial charge on any atom is -0.331 e. The minimum atomic E-state index is -0.924. The predicted molar refractivity (Wildman–Crippen MR) is 131 cm³/mol. The van der Waals surface area contributed by atoms with E-state index in [1.807, 2.05) is 48.5 Å². The van der Waals surface area contributed by atoms with E-state index in [1.165, 1.54) is 17.2 Å². The van der Waals surface area contributed by atoms with Gasteiger partial charge in [0.1, 0.15) is 0 Å². The highest BCUT2D eigenvalue weighted by atomic mass is 35.5. The Morgan fingerprint density at radius 3 is 2.18 bits per heavy atom. The van der Waals surface area contributed by atoms with Crippen LogP contribution in [-0.4, -0.2) is 16.8 Å². The molecule has 0 radical (unpaired) electrons. The van der Waals surface area contributed by atoms with Crippen molar-refractivity contribution in [2.45, 2.75) is 25.4 Å². The van der Waals surface area contributed by atoms with Crippen LogP contribution in [0.15, 0.2) is 91.0 Å². The van der Waals surface area contributed by atoms with E-state index >= 15 is 0 Å². The van der Waals surface area contributed by atoms with Crippen molar-refractivity contribution in [1.29, 1.82) is 0 Å². The zero-order valence-electron chi connectivity index (χ0n) is 18.3. The molecule has 5 heteroatoms. The van der Waals surface area contributed by atoms with Crippen LogP contribution in [0.1, 0.15) is 27.0 Å². The Kier molecular flexibility index (Phi) is 6.16. The number of nitrogens with zero attached hydrogens (tertiary/aromatic N) is 1. The molecule has 0 spiro atoms. The highest BCUT2D eigenvalue weighted by Crippen LogP contribution is 2.32. The maximum Gasteiger partial charge on any atom is 0.255 e. The Balaban J connectivity index is 1.56. The van der Waals surface area contributed by atoms with Gasteiger partial charge in [-0.05, 0) is 64.9 Å². The standard InChI is InChI=1S/C29H22ClF2NO/c30-23-11-12-25(20-6-2-1-3-7-20)26(17-23)29(34)33(18-19-10-13-27(31)28(32)14-19)24-15-21-8-4-5-9-22(21)16-24/h1-14,17,24H,15-16,18H2. The molecule has 1 amide bonds. The zero-order chi connectivity index (χ0) is 23.7. The topological polar surface area (TPSA) is 20.3 Å². The second-order valence-electron chi connectivity index (χ2n) is 8.57. The van der Waals surface area contributed by atoms with Gasteiger partial charge in [0.25, 0.3) is 5.91 Å². The molecule has 0 aromatic heterocycles. The normalized spacial score (nSPS) is 13.0. The number of rotatable bonds is 5. The van der Waals surface area contributed by atoms with Gasteiger partial charge in [0, 0.05) is 23.2 Å². The number of carbonyl (C=O) groups excluding carboxylic acids is 1. The molecule has 1 aliphatic rings. The number of amides is 1. The van der Waals surface area contributed by atoms with Gasteiger partial charge in [0.2, 0.25) is 0 Å². The van der Waals surface area contributed by atoms with Crippen LogP contribution < -0.4 is 0 Å². The Hall–Kier alpha value is -3.50. The fourth-order valence-electron chi connectivity index (χ4n) is 4.67. The van der Waals surface area contributed by atoms with E-state index in [1.54, 1.807) is 17.0 Å². The minimum absolute atomic E-state index is 0.111. The van der Waals surface area contributed by atoms with Crippen molar-refractivity contribution in [2.75, 3.05) is 0 Å². The first-order valence-electron chi connectivity index (χ1n) is 11.2. The van der Waals surface area contributed by atoms with Gasteiger partial charge in [-0.3, -0.25) is 4.79 Å². The van der Waals surface area contributed by atoms with Crippen molar-refractivity contribution in [2.24, 2.45) is 0 Å². The first-order chi connectivity index (χ1) is 16.5. The summed E-state index contributed by atoms with van der Waals surface area (Å²) in [6, 6.07) is 26.8. The lowest BCUT2D eigenvalue weighted by molar-refractivity contribution is 0.0668. The summed E-state index contributed by atoms with van der Waals surface area (Å²) >= 11 is 6.32. The highest BCUT2D eigenvalue weighted by Gasteiger charge is 2.32. The molecule has 4 aromatic carbocycles. The maximum absolute atomic E-state index is 14.1. The van der Waals surface area contributed by atoms with E-state index in [0.717, 1.165) is 23.3 Å². The molecule has 0 unspecified atom stereocenters. The highest BCUT2D eigenvalue weighted by molar-refractivity contribution is 6.31. The number of benzene rings is 4. The van der Waals surface area contributed by atoms with E-state index in [2.05, 4.69) is 12.1 Å². The summed E-state index contributed by atoms with van der Waals surface area (Å²) in [5.74, 6) is -2.02. The van der Waals surface area contributed by atoms with Gasteiger partial charge >= 0.3 is 0 Å². The molecular formula is C29H22ClF2NO. The van der Waals surface area contributed by atoms with Crippen molar-refractivity contribution in [3.05, 3.63) is 130 Å². The Morgan fingerprint density at radius 1 is 0.824 bits per heavy atom. The average Bonchev–Trinajstić information content (AvgIpc) is 3.29. The number of hydrogen-bond donors (Lipinski definition) is 0. The molecular weight excluding hydrogens is 452 g/mol. The molecule has 0 N–H and O–H groups in total. The Morgan fingerprint density at radius 2 is 1.50 bits per heavy atom. The van der Waals surface area contributed by atoms with E-state index in [9.17, 15) is 13.6 Å². The third-order valence-electron chi connectivity index (χ3n) is 6.36. The molecule has 1 aliphatic carbocycles. The van der Waals surface area contributed by atoms with Crippen LogP contribution in [0.5, 0.6) is 0 Å². The zero-order valence-corrected chi connectivity index (χ0v) is 19.1. The van der Waals surface area contributed by atoms with Crippen LogP contribution in [0.4, 0.5) is 8.78 Å². The maximum atomic E-state index is 14.1. The fraction of sp³-hybridized carbons (Fsp3) is 0.138. The lowest BCUT2D eigenvalue weighted by Gasteiger charge is -2.30. The van der Waals surface area contributed by atoms with E-state index in [0.29, 0.717) is 29.0 Å². The van der Waals surface area contributed by atoms with Crippen molar-refractivity contribution in [3.63, 3.8) is 0 Å². The molecule has 0 aliphatic heterocycles. The molecule has 34 heavy (non-hydrogen) atoms. The molecule has 0 saturated heterocycles. The van der Waals surface area contributed by atoms with Gasteiger partial charge in [-0.1, -0.05) is 78.3 Å². The Bertz CT molecular complexity index is 1330. The monoisotopic (exact) mass is 473 g/mol. The summed E-state index contributed by atoms with van der Waals surface area (Å²) in [4.78, 5) is 15.9. The van der Waals surface area contributed by atoms with Crippen molar-refractivity contribution < 1.29 is 13.6 Å². The summed E-state index contributed by atoms with van der Waals surface area (Å²) in [6.07, 6.45) is 1.40. The predicted octanol–water partition coefficient (Wildman–Crippen LogP) is 7.10. The van der Waals surface area contributed by atoms with Crippen molar-refractivity contribution >= 4 is 17.5 Å².